The number of amides is 2. The predicted molar refractivity (Wildman–Crippen MR) is 97.7 cm³/mol. The SMILES string of the molecule is CCNC(=O)Nc1nc2ccc(C=Cc3ccccc3)cc2s1. The predicted octanol–water partition coefficient (Wildman–Crippen LogP) is 4.61. The Morgan fingerprint density at radius 2 is 1.91 bits per heavy atom. The smallest absolute Gasteiger partial charge is 0.321 e. The van der Waals surface area contributed by atoms with E-state index in [1.807, 2.05) is 37.3 Å². The van der Waals surface area contributed by atoms with Crippen molar-refractivity contribution in [3.05, 3.63) is 59.7 Å². The summed E-state index contributed by atoms with van der Waals surface area (Å²) in [5.41, 5.74) is 3.16. The number of carbonyl (C=O) groups is 1. The van der Waals surface area contributed by atoms with Gasteiger partial charge in [0.05, 0.1) is 10.2 Å². The summed E-state index contributed by atoms with van der Waals surface area (Å²) in [5, 5.41) is 6.05. The maximum absolute atomic E-state index is 11.5. The van der Waals surface area contributed by atoms with E-state index in [1.165, 1.54) is 11.3 Å². The van der Waals surface area contributed by atoms with Crippen LogP contribution in [-0.4, -0.2) is 17.6 Å². The van der Waals surface area contributed by atoms with Crippen molar-refractivity contribution in [2.75, 3.05) is 11.9 Å². The first kappa shape index (κ1) is 15.2. The van der Waals surface area contributed by atoms with E-state index in [9.17, 15) is 4.79 Å². The van der Waals surface area contributed by atoms with Gasteiger partial charge in [0.1, 0.15) is 0 Å². The van der Waals surface area contributed by atoms with Crippen molar-refractivity contribution < 1.29 is 4.79 Å². The van der Waals surface area contributed by atoms with Crippen molar-refractivity contribution >= 4 is 44.9 Å². The molecule has 2 amide bonds. The maximum atomic E-state index is 11.5. The lowest BCUT2D eigenvalue weighted by Gasteiger charge is -2.00. The third-order valence-electron chi connectivity index (χ3n) is 3.24. The van der Waals surface area contributed by atoms with E-state index in [4.69, 9.17) is 0 Å². The van der Waals surface area contributed by atoms with Crippen LogP contribution >= 0.6 is 11.3 Å². The monoisotopic (exact) mass is 323 g/mol. The summed E-state index contributed by atoms with van der Waals surface area (Å²) in [7, 11) is 0. The Hall–Kier alpha value is -2.66. The number of rotatable bonds is 4. The number of benzene rings is 2. The van der Waals surface area contributed by atoms with Crippen LogP contribution < -0.4 is 10.6 Å². The summed E-state index contributed by atoms with van der Waals surface area (Å²) in [6, 6.07) is 16.0. The van der Waals surface area contributed by atoms with Crippen molar-refractivity contribution in [1.82, 2.24) is 10.3 Å². The molecular formula is C18H17N3OS. The second-order valence-electron chi connectivity index (χ2n) is 4.97. The van der Waals surface area contributed by atoms with Crippen LogP contribution in [0.1, 0.15) is 18.1 Å². The van der Waals surface area contributed by atoms with Gasteiger partial charge >= 0.3 is 6.03 Å². The number of fused-ring (bicyclic) bond motifs is 1. The fourth-order valence-corrected chi connectivity index (χ4v) is 3.07. The Labute approximate surface area is 138 Å². The van der Waals surface area contributed by atoms with Crippen LogP contribution in [0.25, 0.3) is 22.4 Å². The summed E-state index contributed by atoms with van der Waals surface area (Å²) >= 11 is 1.47. The summed E-state index contributed by atoms with van der Waals surface area (Å²) in [6.45, 7) is 2.47. The lowest BCUT2D eigenvalue weighted by Crippen LogP contribution is -2.28. The van der Waals surface area contributed by atoms with Gasteiger partial charge in [-0.3, -0.25) is 5.32 Å². The molecular weight excluding hydrogens is 306 g/mol. The van der Waals surface area contributed by atoms with Crippen LogP contribution in [0.3, 0.4) is 0 Å². The fraction of sp³-hybridized carbons (Fsp3) is 0.111. The van der Waals surface area contributed by atoms with E-state index in [2.05, 4.69) is 46.0 Å². The number of urea groups is 1. The van der Waals surface area contributed by atoms with Gasteiger partial charge in [0.15, 0.2) is 5.13 Å². The summed E-state index contributed by atoms with van der Waals surface area (Å²) in [6.07, 6.45) is 4.15. The van der Waals surface area contributed by atoms with Crippen molar-refractivity contribution in [1.29, 1.82) is 0 Å². The zero-order valence-electron chi connectivity index (χ0n) is 12.7. The molecule has 0 saturated carbocycles. The Bertz CT molecular complexity index is 840. The van der Waals surface area contributed by atoms with E-state index < -0.39 is 0 Å². The number of nitrogens with one attached hydrogen (secondary N) is 2. The van der Waals surface area contributed by atoms with Crippen LogP contribution in [0.2, 0.25) is 0 Å². The molecule has 0 fully saturated rings. The number of nitrogens with zero attached hydrogens (tertiary/aromatic N) is 1. The Morgan fingerprint density at radius 3 is 2.70 bits per heavy atom. The second-order valence-corrected chi connectivity index (χ2v) is 6.01. The van der Waals surface area contributed by atoms with Gasteiger partial charge in [-0.25, -0.2) is 9.78 Å². The molecule has 1 aromatic heterocycles. The van der Waals surface area contributed by atoms with Crippen molar-refractivity contribution in [2.24, 2.45) is 0 Å². The van der Waals surface area contributed by atoms with Gasteiger partial charge in [-0.2, -0.15) is 0 Å². The molecule has 0 radical (unpaired) electrons. The Balaban J connectivity index is 1.79. The highest BCUT2D eigenvalue weighted by molar-refractivity contribution is 7.22. The molecule has 0 spiro atoms. The van der Waals surface area contributed by atoms with Crippen molar-refractivity contribution in [2.45, 2.75) is 6.92 Å². The molecule has 23 heavy (non-hydrogen) atoms. The number of hydrogen-bond acceptors (Lipinski definition) is 3. The van der Waals surface area contributed by atoms with Gasteiger partial charge in [-0.15, -0.1) is 0 Å². The molecule has 0 aliphatic rings. The van der Waals surface area contributed by atoms with Gasteiger partial charge < -0.3 is 5.32 Å². The number of thiazole rings is 1. The molecule has 2 N–H and O–H groups in total. The average molecular weight is 323 g/mol. The molecule has 3 rings (SSSR count). The maximum Gasteiger partial charge on any atom is 0.321 e. The zero-order chi connectivity index (χ0) is 16.1. The van der Waals surface area contributed by atoms with E-state index in [0.717, 1.165) is 21.3 Å². The van der Waals surface area contributed by atoms with Crippen LogP contribution in [-0.2, 0) is 0 Å². The summed E-state index contributed by atoms with van der Waals surface area (Å²) < 4.78 is 1.05. The first-order chi connectivity index (χ1) is 11.2. The molecule has 2 aromatic carbocycles. The van der Waals surface area contributed by atoms with Crippen molar-refractivity contribution in [3.8, 4) is 0 Å². The molecule has 0 aliphatic heterocycles. The lowest BCUT2D eigenvalue weighted by molar-refractivity contribution is 0.252. The number of carbonyl (C=O) groups excluding carboxylic acids is 1. The minimum atomic E-state index is -0.226. The quantitative estimate of drug-likeness (QED) is 0.689. The molecule has 1 heterocycles. The van der Waals surface area contributed by atoms with Gasteiger partial charge in [-0.05, 0) is 30.2 Å². The Morgan fingerprint density at radius 1 is 1.13 bits per heavy atom. The number of anilines is 1. The molecule has 0 saturated heterocycles. The van der Waals surface area contributed by atoms with Gasteiger partial charge in [0, 0.05) is 6.54 Å². The Kier molecular flexibility index (Phi) is 4.68. The molecule has 0 bridgehead atoms. The first-order valence-electron chi connectivity index (χ1n) is 7.43. The molecule has 3 aromatic rings. The molecule has 5 heteroatoms. The lowest BCUT2D eigenvalue weighted by atomic mass is 10.1. The van der Waals surface area contributed by atoms with Gasteiger partial charge in [-0.1, -0.05) is 59.9 Å². The highest BCUT2D eigenvalue weighted by Gasteiger charge is 2.06. The largest absolute Gasteiger partial charge is 0.338 e. The third kappa shape index (κ3) is 3.96. The highest BCUT2D eigenvalue weighted by atomic mass is 32.1. The normalized spacial score (nSPS) is 11.0. The van der Waals surface area contributed by atoms with Gasteiger partial charge in [0.2, 0.25) is 0 Å². The summed E-state index contributed by atoms with van der Waals surface area (Å²) in [5.74, 6) is 0. The molecule has 0 unspecified atom stereocenters. The molecule has 116 valence electrons. The van der Waals surface area contributed by atoms with Crippen LogP contribution in [0.4, 0.5) is 9.93 Å². The van der Waals surface area contributed by atoms with Gasteiger partial charge in [0.25, 0.3) is 0 Å². The minimum Gasteiger partial charge on any atom is -0.338 e. The standard InChI is InChI=1S/C18H17N3OS/c1-2-19-17(22)21-18-20-15-11-10-14(12-16(15)23-18)9-8-13-6-4-3-5-7-13/h3-12H,2H2,1H3,(H2,19,20,21,22). The minimum absolute atomic E-state index is 0.226. The first-order valence-corrected chi connectivity index (χ1v) is 8.25. The van der Waals surface area contributed by atoms with E-state index in [1.54, 1.807) is 0 Å². The second kappa shape index (κ2) is 7.07. The zero-order valence-corrected chi connectivity index (χ0v) is 13.6. The van der Waals surface area contributed by atoms with E-state index in [-0.39, 0.29) is 6.03 Å². The molecule has 0 atom stereocenters. The van der Waals surface area contributed by atoms with E-state index >= 15 is 0 Å². The molecule has 4 nitrogen and oxygen atoms in total. The third-order valence-corrected chi connectivity index (χ3v) is 4.17. The fourth-order valence-electron chi connectivity index (χ4n) is 2.16. The van der Waals surface area contributed by atoms with Crippen LogP contribution in [0.15, 0.2) is 48.5 Å². The van der Waals surface area contributed by atoms with Crippen LogP contribution in [0.5, 0.6) is 0 Å². The highest BCUT2D eigenvalue weighted by Crippen LogP contribution is 2.27. The van der Waals surface area contributed by atoms with E-state index in [0.29, 0.717) is 11.7 Å². The average Bonchev–Trinajstić information content (AvgIpc) is 2.95. The summed E-state index contributed by atoms with van der Waals surface area (Å²) in [4.78, 5) is 16.0. The van der Waals surface area contributed by atoms with Crippen LogP contribution in [0, 0.1) is 0 Å². The number of aromatic nitrogens is 1. The number of hydrogen-bond donors (Lipinski definition) is 2. The van der Waals surface area contributed by atoms with Crippen molar-refractivity contribution in [3.63, 3.8) is 0 Å². The topological polar surface area (TPSA) is 54.0 Å². The molecule has 0 aliphatic carbocycles.